The lowest BCUT2D eigenvalue weighted by molar-refractivity contribution is 0.00957. The number of hydrogen-bond donors (Lipinski definition) is 0. The van der Waals surface area contributed by atoms with Crippen molar-refractivity contribution >= 4 is 11.7 Å². The molecule has 0 bridgehead atoms. The summed E-state index contributed by atoms with van der Waals surface area (Å²) in [7, 11) is 0. The van der Waals surface area contributed by atoms with Crippen LogP contribution in [0.4, 0.5) is 4.79 Å². The van der Waals surface area contributed by atoms with E-state index in [1.165, 1.54) is 0 Å². The first kappa shape index (κ1) is 13.1. The van der Waals surface area contributed by atoms with E-state index in [2.05, 4.69) is 0 Å². The fourth-order valence-corrected chi connectivity index (χ4v) is 3.15. The van der Waals surface area contributed by atoms with Gasteiger partial charge >= 0.3 is 6.16 Å². The number of cyclic esters (lactones) is 1. The van der Waals surface area contributed by atoms with Crippen molar-refractivity contribution in [1.29, 1.82) is 0 Å². The predicted octanol–water partition coefficient (Wildman–Crippen LogP) is 4.54. The van der Waals surface area contributed by atoms with Gasteiger partial charge in [-0.05, 0) is 30.4 Å². The molecule has 3 heteroatoms. The monoisotopic (exact) mass is 292 g/mol. The van der Waals surface area contributed by atoms with Crippen molar-refractivity contribution in [2.75, 3.05) is 0 Å². The number of hydrogen-bond acceptors (Lipinski definition) is 3. The molecule has 1 saturated heterocycles. The molecule has 1 heterocycles. The summed E-state index contributed by atoms with van der Waals surface area (Å²) >= 11 is 0. The Morgan fingerprint density at radius 1 is 0.864 bits per heavy atom. The van der Waals surface area contributed by atoms with Crippen LogP contribution in [0.3, 0.4) is 0 Å². The molecule has 2 aromatic carbocycles. The normalized spacial score (nSPS) is 18.5. The lowest BCUT2D eigenvalue weighted by atomic mass is 9.76. The number of benzene rings is 2. The quantitative estimate of drug-likeness (QED) is 0.762. The molecule has 1 aliphatic heterocycles. The molecular formula is C19H16O3. The van der Waals surface area contributed by atoms with Gasteiger partial charge in [0.2, 0.25) is 0 Å². The second-order valence-electron chi connectivity index (χ2n) is 5.74. The molecule has 0 atom stereocenters. The van der Waals surface area contributed by atoms with E-state index in [4.69, 9.17) is 9.47 Å². The third kappa shape index (κ3) is 2.01. The van der Waals surface area contributed by atoms with Crippen LogP contribution in [0.25, 0.3) is 5.57 Å². The highest BCUT2D eigenvalue weighted by Crippen LogP contribution is 2.50. The van der Waals surface area contributed by atoms with E-state index in [9.17, 15) is 4.79 Å². The van der Waals surface area contributed by atoms with Gasteiger partial charge in [-0.3, -0.25) is 0 Å². The molecule has 2 aromatic rings. The number of carbonyl (C=O) groups is 1. The molecule has 4 rings (SSSR count). The molecule has 0 radical (unpaired) electrons. The fourth-order valence-electron chi connectivity index (χ4n) is 3.15. The van der Waals surface area contributed by atoms with E-state index in [1.54, 1.807) is 0 Å². The average molecular weight is 292 g/mol. The molecule has 1 spiro atoms. The predicted molar refractivity (Wildman–Crippen MR) is 83.1 cm³/mol. The summed E-state index contributed by atoms with van der Waals surface area (Å²) in [5, 5.41) is 0. The molecular weight excluding hydrogens is 276 g/mol. The Bertz CT molecular complexity index is 686. The van der Waals surface area contributed by atoms with Gasteiger partial charge in [-0.15, -0.1) is 0 Å². The number of ether oxygens (including phenoxy) is 2. The van der Waals surface area contributed by atoms with Gasteiger partial charge in [0.05, 0.1) is 0 Å². The zero-order valence-electron chi connectivity index (χ0n) is 12.1. The Kier molecular flexibility index (Phi) is 3.00. The van der Waals surface area contributed by atoms with Gasteiger partial charge < -0.3 is 9.47 Å². The minimum Gasteiger partial charge on any atom is -0.419 e. The molecule has 2 fully saturated rings. The maximum Gasteiger partial charge on any atom is 0.514 e. The van der Waals surface area contributed by atoms with Gasteiger partial charge in [0.15, 0.2) is 11.4 Å². The van der Waals surface area contributed by atoms with E-state index < -0.39 is 11.8 Å². The first-order valence-corrected chi connectivity index (χ1v) is 7.55. The molecule has 0 unspecified atom stereocenters. The van der Waals surface area contributed by atoms with Crippen LogP contribution in [-0.4, -0.2) is 11.8 Å². The van der Waals surface area contributed by atoms with Crippen molar-refractivity contribution in [3.8, 4) is 0 Å². The Hall–Kier alpha value is -2.55. The standard InChI is InChI=1S/C19H16O3/c20-18-21-17(19(22-18)12-7-13-19)16(14-8-3-1-4-9-14)15-10-5-2-6-11-15/h1-6,8-11H,7,12-13H2. The maximum absolute atomic E-state index is 11.8. The second-order valence-corrected chi connectivity index (χ2v) is 5.74. The summed E-state index contributed by atoms with van der Waals surface area (Å²) < 4.78 is 11.0. The molecule has 3 nitrogen and oxygen atoms in total. The van der Waals surface area contributed by atoms with Crippen LogP contribution >= 0.6 is 0 Å². The maximum atomic E-state index is 11.8. The minimum atomic E-state index is -0.584. The van der Waals surface area contributed by atoms with Gasteiger partial charge in [0.25, 0.3) is 0 Å². The Labute approximate surface area is 129 Å². The molecule has 0 amide bonds. The smallest absolute Gasteiger partial charge is 0.419 e. The third-order valence-corrected chi connectivity index (χ3v) is 4.39. The van der Waals surface area contributed by atoms with Crippen LogP contribution in [0.15, 0.2) is 66.4 Å². The molecule has 1 aliphatic carbocycles. The highest BCUT2D eigenvalue weighted by atomic mass is 16.8. The molecule has 110 valence electrons. The molecule has 22 heavy (non-hydrogen) atoms. The number of carbonyl (C=O) groups excluding carboxylic acids is 1. The second kappa shape index (κ2) is 5.02. The summed E-state index contributed by atoms with van der Waals surface area (Å²) in [4.78, 5) is 11.8. The van der Waals surface area contributed by atoms with Gasteiger partial charge in [0.1, 0.15) is 0 Å². The Morgan fingerprint density at radius 3 is 1.86 bits per heavy atom. The zero-order valence-corrected chi connectivity index (χ0v) is 12.1. The highest BCUT2D eigenvalue weighted by molar-refractivity contribution is 5.85. The first-order chi connectivity index (χ1) is 10.8. The van der Waals surface area contributed by atoms with Crippen molar-refractivity contribution in [1.82, 2.24) is 0 Å². The van der Waals surface area contributed by atoms with Crippen LogP contribution in [0.1, 0.15) is 30.4 Å². The SMILES string of the molecule is O=C1OC(=C(c2ccccc2)c2ccccc2)C2(CCC2)O1. The van der Waals surface area contributed by atoms with E-state index in [0.29, 0.717) is 5.76 Å². The van der Waals surface area contributed by atoms with Crippen LogP contribution in [-0.2, 0) is 9.47 Å². The Morgan fingerprint density at radius 2 is 1.41 bits per heavy atom. The average Bonchev–Trinajstić information content (AvgIpc) is 2.87. The largest absolute Gasteiger partial charge is 0.514 e. The number of rotatable bonds is 2. The van der Waals surface area contributed by atoms with Crippen LogP contribution < -0.4 is 0 Å². The van der Waals surface area contributed by atoms with Crippen LogP contribution in [0.5, 0.6) is 0 Å². The van der Waals surface area contributed by atoms with Gasteiger partial charge in [-0.2, -0.15) is 0 Å². The molecule has 0 N–H and O–H groups in total. The first-order valence-electron chi connectivity index (χ1n) is 7.55. The van der Waals surface area contributed by atoms with Crippen molar-refractivity contribution in [2.24, 2.45) is 0 Å². The van der Waals surface area contributed by atoms with Crippen LogP contribution in [0.2, 0.25) is 0 Å². The summed E-state index contributed by atoms with van der Waals surface area (Å²) in [6, 6.07) is 20.1. The summed E-state index contributed by atoms with van der Waals surface area (Å²) in [5.74, 6) is 0.668. The minimum absolute atomic E-state index is 0.557. The van der Waals surface area contributed by atoms with E-state index in [-0.39, 0.29) is 0 Å². The van der Waals surface area contributed by atoms with Crippen molar-refractivity contribution in [3.05, 3.63) is 77.5 Å². The highest BCUT2D eigenvalue weighted by Gasteiger charge is 2.53. The molecule has 2 aliphatic rings. The zero-order chi connectivity index (χ0) is 15.0. The van der Waals surface area contributed by atoms with Crippen molar-refractivity contribution in [2.45, 2.75) is 24.9 Å². The van der Waals surface area contributed by atoms with Gasteiger partial charge in [-0.1, -0.05) is 60.7 Å². The van der Waals surface area contributed by atoms with E-state index >= 15 is 0 Å². The summed E-state index contributed by atoms with van der Waals surface area (Å²) in [6.45, 7) is 0. The fraction of sp³-hybridized carbons (Fsp3) is 0.211. The molecule has 1 saturated carbocycles. The topological polar surface area (TPSA) is 35.5 Å². The van der Waals surface area contributed by atoms with Gasteiger partial charge in [0, 0.05) is 5.57 Å². The van der Waals surface area contributed by atoms with E-state index in [0.717, 1.165) is 36.0 Å². The lowest BCUT2D eigenvalue weighted by Gasteiger charge is -2.35. The van der Waals surface area contributed by atoms with E-state index in [1.807, 2.05) is 60.7 Å². The molecule has 0 aromatic heterocycles. The van der Waals surface area contributed by atoms with Crippen molar-refractivity contribution in [3.63, 3.8) is 0 Å². The van der Waals surface area contributed by atoms with Crippen LogP contribution in [0, 0.1) is 0 Å². The Balaban J connectivity index is 1.95. The van der Waals surface area contributed by atoms with Crippen molar-refractivity contribution < 1.29 is 14.3 Å². The summed E-state index contributed by atoms with van der Waals surface area (Å²) in [5.41, 5.74) is 2.46. The third-order valence-electron chi connectivity index (χ3n) is 4.39. The lowest BCUT2D eigenvalue weighted by Crippen LogP contribution is -2.38. The van der Waals surface area contributed by atoms with Gasteiger partial charge in [-0.25, -0.2) is 4.79 Å². The summed E-state index contributed by atoms with van der Waals surface area (Å²) in [6.07, 6.45) is 2.13.